The molecule has 0 aromatic rings. The van der Waals surface area contributed by atoms with E-state index in [1.807, 2.05) is 6.92 Å². The average molecular weight is 199 g/mol. The molecule has 1 saturated carbocycles. The van der Waals surface area contributed by atoms with E-state index in [9.17, 15) is 5.11 Å². The van der Waals surface area contributed by atoms with Crippen LogP contribution < -0.4 is 5.32 Å². The minimum atomic E-state index is -0.219. The van der Waals surface area contributed by atoms with E-state index in [1.54, 1.807) is 0 Å². The Hall–Kier alpha value is -0.0800. The molecule has 1 rings (SSSR count). The molecule has 0 aliphatic heterocycles. The predicted molar refractivity (Wildman–Crippen MR) is 60.3 cm³/mol. The van der Waals surface area contributed by atoms with Crippen molar-refractivity contribution in [2.45, 2.75) is 64.5 Å². The largest absolute Gasteiger partial charge is 0.392 e. The summed E-state index contributed by atoms with van der Waals surface area (Å²) in [4.78, 5) is 0. The Labute approximate surface area is 88.1 Å². The lowest BCUT2D eigenvalue weighted by Crippen LogP contribution is -2.37. The first-order chi connectivity index (χ1) is 6.70. The van der Waals surface area contributed by atoms with Crippen LogP contribution in [0.15, 0.2) is 0 Å². The van der Waals surface area contributed by atoms with Crippen molar-refractivity contribution in [1.82, 2.24) is 5.32 Å². The highest BCUT2D eigenvalue weighted by atomic mass is 16.3. The van der Waals surface area contributed by atoms with Gasteiger partial charge >= 0.3 is 0 Å². The van der Waals surface area contributed by atoms with Crippen LogP contribution in [-0.2, 0) is 0 Å². The Morgan fingerprint density at radius 1 is 1.14 bits per heavy atom. The van der Waals surface area contributed by atoms with Gasteiger partial charge in [-0.1, -0.05) is 25.7 Å². The second-order valence-corrected chi connectivity index (χ2v) is 4.80. The molecular weight excluding hydrogens is 174 g/mol. The monoisotopic (exact) mass is 199 g/mol. The quantitative estimate of drug-likeness (QED) is 0.681. The zero-order valence-electron chi connectivity index (χ0n) is 9.63. The minimum Gasteiger partial charge on any atom is -0.392 e. The third-order valence-corrected chi connectivity index (χ3v) is 3.34. The molecule has 0 spiro atoms. The first-order valence-corrected chi connectivity index (χ1v) is 6.11. The molecule has 0 bridgehead atoms. The number of nitrogens with one attached hydrogen (secondary N) is 1. The van der Waals surface area contributed by atoms with E-state index in [0.29, 0.717) is 6.04 Å². The van der Waals surface area contributed by atoms with Crippen molar-refractivity contribution in [1.29, 1.82) is 0 Å². The van der Waals surface area contributed by atoms with Gasteiger partial charge in [0.2, 0.25) is 0 Å². The molecule has 0 heterocycles. The van der Waals surface area contributed by atoms with Gasteiger partial charge in [0.15, 0.2) is 0 Å². The predicted octanol–water partition coefficient (Wildman–Crippen LogP) is 2.32. The van der Waals surface area contributed by atoms with Crippen molar-refractivity contribution in [3.8, 4) is 0 Å². The van der Waals surface area contributed by atoms with Crippen LogP contribution in [0.2, 0.25) is 0 Å². The van der Waals surface area contributed by atoms with E-state index in [0.717, 1.165) is 12.5 Å². The third kappa shape index (κ3) is 4.43. The van der Waals surface area contributed by atoms with E-state index in [1.165, 1.54) is 38.5 Å². The second kappa shape index (κ2) is 6.41. The summed E-state index contributed by atoms with van der Waals surface area (Å²) in [7, 11) is 0. The van der Waals surface area contributed by atoms with Gasteiger partial charge in [0, 0.05) is 12.6 Å². The second-order valence-electron chi connectivity index (χ2n) is 4.80. The van der Waals surface area contributed by atoms with Gasteiger partial charge in [-0.15, -0.1) is 0 Å². The first kappa shape index (κ1) is 12.0. The smallest absolute Gasteiger partial charge is 0.0636 e. The van der Waals surface area contributed by atoms with Crippen molar-refractivity contribution in [3.63, 3.8) is 0 Å². The van der Waals surface area contributed by atoms with Gasteiger partial charge in [-0.05, 0) is 32.6 Å². The van der Waals surface area contributed by atoms with Gasteiger partial charge in [-0.2, -0.15) is 0 Å². The molecule has 2 heteroatoms. The summed E-state index contributed by atoms with van der Waals surface area (Å²) in [6.07, 6.45) is 8.14. The van der Waals surface area contributed by atoms with E-state index in [4.69, 9.17) is 0 Å². The van der Waals surface area contributed by atoms with Gasteiger partial charge in [0.05, 0.1) is 6.10 Å². The Kier molecular flexibility index (Phi) is 5.49. The highest BCUT2D eigenvalue weighted by Gasteiger charge is 2.18. The first-order valence-electron chi connectivity index (χ1n) is 6.11. The highest BCUT2D eigenvalue weighted by Crippen LogP contribution is 2.25. The Balaban J connectivity index is 2.23. The molecule has 2 N–H and O–H groups in total. The summed E-state index contributed by atoms with van der Waals surface area (Å²) in [6, 6.07) is 0.572. The molecule has 0 saturated heterocycles. The van der Waals surface area contributed by atoms with Gasteiger partial charge in [0.25, 0.3) is 0 Å². The molecule has 14 heavy (non-hydrogen) atoms. The molecular formula is C12H25NO. The van der Waals surface area contributed by atoms with Crippen molar-refractivity contribution < 1.29 is 5.11 Å². The summed E-state index contributed by atoms with van der Waals surface area (Å²) < 4.78 is 0. The molecule has 2 atom stereocenters. The number of hydrogen-bond donors (Lipinski definition) is 2. The SMILES string of the molecule is C[C@H](O)CN[C@H](C)C1CCCCCC1. The molecule has 0 amide bonds. The van der Waals surface area contributed by atoms with Gasteiger partial charge < -0.3 is 10.4 Å². The summed E-state index contributed by atoms with van der Waals surface area (Å²) in [5, 5.41) is 12.6. The molecule has 1 aliphatic carbocycles. The van der Waals surface area contributed by atoms with Gasteiger partial charge in [-0.3, -0.25) is 0 Å². The number of aliphatic hydroxyl groups is 1. The van der Waals surface area contributed by atoms with Gasteiger partial charge in [0.1, 0.15) is 0 Å². The van der Waals surface area contributed by atoms with E-state index < -0.39 is 0 Å². The minimum absolute atomic E-state index is 0.219. The summed E-state index contributed by atoms with van der Waals surface area (Å²) in [5.41, 5.74) is 0. The third-order valence-electron chi connectivity index (χ3n) is 3.34. The fourth-order valence-corrected chi connectivity index (χ4v) is 2.33. The number of rotatable bonds is 4. The van der Waals surface area contributed by atoms with Crippen LogP contribution in [0.25, 0.3) is 0 Å². The van der Waals surface area contributed by atoms with Crippen LogP contribution in [0.3, 0.4) is 0 Å². The van der Waals surface area contributed by atoms with Crippen LogP contribution in [0.4, 0.5) is 0 Å². The maximum absolute atomic E-state index is 9.19. The van der Waals surface area contributed by atoms with Crippen LogP contribution in [-0.4, -0.2) is 23.8 Å². The Bertz CT molecular complexity index is 139. The molecule has 84 valence electrons. The normalized spacial score (nSPS) is 24.2. The molecule has 1 aliphatic rings. The molecule has 0 unspecified atom stereocenters. The fraction of sp³-hybridized carbons (Fsp3) is 1.00. The van der Waals surface area contributed by atoms with Crippen molar-refractivity contribution in [2.24, 2.45) is 5.92 Å². The van der Waals surface area contributed by atoms with Crippen LogP contribution in [0, 0.1) is 5.92 Å². The van der Waals surface area contributed by atoms with E-state index in [2.05, 4.69) is 12.2 Å². The average Bonchev–Trinajstić information content (AvgIpc) is 2.42. The maximum Gasteiger partial charge on any atom is 0.0636 e. The lowest BCUT2D eigenvalue weighted by atomic mass is 9.93. The van der Waals surface area contributed by atoms with Crippen molar-refractivity contribution in [3.05, 3.63) is 0 Å². The summed E-state index contributed by atoms with van der Waals surface area (Å²) in [6.45, 7) is 4.84. The topological polar surface area (TPSA) is 32.3 Å². The summed E-state index contributed by atoms with van der Waals surface area (Å²) >= 11 is 0. The van der Waals surface area contributed by atoms with Crippen molar-refractivity contribution >= 4 is 0 Å². The van der Waals surface area contributed by atoms with Crippen LogP contribution >= 0.6 is 0 Å². The van der Waals surface area contributed by atoms with Gasteiger partial charge in [-0.25, -0.2) is 0 Å². The zero-order valence-corrected chi connectivity index (χ0v) is 9.63. The lowest BCUT2D eigenvalue weighted by Gasteiger charge is -2.24. The number of aliphatic hydroxyl groups excluding tert-OH is 1. The number of hydrogen-bond acceptors (Lipinski definition) is 2. The Morgan fingerprint density at radius 2 is 1.71 bits per heavy atom. The van der Waals surface area contributed by atoms with Crippen LogP contribution in [0.1, 0.15) is 52.4 Å². The van der Waals surface area contributed by atoms with Crippen LogP contribution in [0.5, 0.6) is 0 Å². The Morgan fingerprint density at radius 3 is 2.21 bits per heavy atom. The molecule has 0 radical (unpaired) electrons. The molecule has 2 nitrogen and oxygen atoms in total. The van der Waals surface area contributed by atoms with E-state index in [-0.39, 0.29) is 6.10 Å². The zero-order chi connectivity index (χ0) is 10.4. The molecule has 0 aromatic carbocycles. The summed E-state index contributed by atoms with van der Waals surface area (Å²) in [5.74, 6) is 0.830. The maximum atomic E-state index is 9.19. The fourth-order valence-electron chi connectivity index (χ4n) is 2.33. The van der Waals surface area contributed by atoms with E-state index >= 15 is 0 Å². The highest BCUT2D eigenvalue weighted by molar-refractivity contribution is 4.75. The van der Waals surface area contributed by atoms with Crippen molar-refractivity contribution in [2.75, 3.05) is 6.54 Å². The molecule has 0 aromatic heterocycles. The lowest BCUT2D eigenvalue weighted by molar-refractivity contribution is 0.179. The standard InChI is InChI=1S/C12H25NO/c1-10(14)9-13-11(2)12-7-5-3-4-6-8-12/h10-14H,3-9H2,1-2H3/t10-,11+/m0/s1. The molecule has 1 fully saturated rings.